The van der Waals surface area contributed by atoms with Crippen LogP contribution in [0, 0.1) is 11.3 Å². The molecule has 0 amide bonds. The Hall–Kier alpha value is -2.87. The molecular weight excluding hydrogens is 306 g/mol. The van der Waals surface area contributed by atoms with Gasteiger partial charge >= 0.3 is 0 Å². The van der Waals surface area contributed by atoms with Gasteiger partial charge in [0.05, 0.1) is 40.4 Å². The molecule has 2 rings (SSSR count). The van der Waals surface area contributed by atoms with Crippen LogP contribution in [0.2, 0.25) is 0 Å². The maximum atomic E-state index is 9.70. The third-order valence-electron chi connectivity index (χ3n) is 3.88. The van der Waals surface area contributed by atoms with E-state index < -0.39 is 5.92 Å². The van der Waals surface area contributed by atoms with Crippen LogP contribution in [0.1, 0.15) is 17.0 Å². The van der Waals surface area contributed by atoms with Crippen LogP contribution >= 0.6 is 0 Å². The van der Waals surface area contributed by atoms with Crippen molar-refractivity contribution >= 4 is 0 Å². The van der Waals surface area contributed by atoms with Crippen molar-refractivity contribution in [1.82, 2.24) is 0 Å². The number of nitrogens with zero attached hydrogens (tertiary/aromatic N) is 1. The van der Waals surface area contributed by atoms with Crippen molar-refractivity contribution in [2.24, 2.45) is 0 Å². The second-order valence-corrected chi connectivity index (χ2v) is 5.17. The van der Waals surface area contributed by atoms with E-state index in [9.17, 15) is 5.26 Å². The van der Waals surface area contributed by atoms with Crippen LogP contribution in [0.4, 0.5) is 0 Å². The molecule has 0 saturated heterocycles. The smallest absolute Gasteiger partial charge is 0.123 e. The van der Waals surface area contributed by atoms with Crippen molar-refractivity contribution < 1.29 is 18.9 Å². The Kier molecular flexibility index (Phi) is 5.91. The van der Waals surface area contributed by atoms with Gasteiger partial charge in [-0.3, -0.25) is 0 Å². The van der Waals surface area contributed by atoms with Crippen LogP contribution in [0.5, 0.6) is 23.0 Å². The summed E-state index contributed by atoms with van der Waals surface area (Å²) in [5.41, 5.74) is 1.68. The molecule has 0 radical (unpaired) electrons. The molecule has 0 fully saturated rings. The van der Waals surface area contributed by atoms with Crippen molar-refractivity contribution in [3.8, 4) is 29.1 Å². The highest BCUT2D eigenvalue weighted by Crippen LogP contribution is 2.35. The monoisotopic (exact) mass is 327 g/mol. The van der Waals surface area contributed by atoms with E-state index in [2.05, 4.69) is 6.07 Å². The first-order chi connectivity index (χ1) is 11.7. The van der Waals surface area contributed by atoms with Gasteiger partial charge < -0.3 is 18.9 Å². The normalized spacial score (nSPS) is 11.3. The molecule has 0 saturated carbocycles. The number of methoxy groups -OCH3 is 4. The lowest BCUT2D eigenvalue weighted by atomic mass is 9.91. The highest BCUT2D eigenvalue weighted by molar-refractivity contribution is 5.47. The summed E-state index contributed by atoms with van der Waals surface area (Å²) in [5.74, 6) is 2.38. The summed E-state index contributed by atoms with van der Waals surface area (Å²) in [5, 5.41) is 9.70. The zero-order valence-electron chi connectivity index (χ0n) is 14.3. The van der Waals surface area contributed by atoms with Gasteiger partial charge in [-0.2, -0.15) is 5.26 Å². The minimum atomic E-state index is -0.406. The molecule has 0 aliphatic rings. The van der Waals surface area contributed by atoms with Gasteiger partial charge in [-0.25, -0.2) is 0 Å². The predicted octanol–water partition coefficient (Wildman–Crippen LogP) is 3.57. The van der Waals surface area contributed by atoms with Gasteiger partial charge in [0.1, 0.15) is 23.0 Å². The molecule has 0 aromatic heterocycles. The van der Waals surface area contributed by atoms with Gasteiger partial charge in [0.25, 0.3) is 0 Å². The Labute approximate surface area is 142 Å². The Morgan fingerprint density at radius 3 is 1.96 bits per heavy atom. The molecule has 5 nitrogen and oxygen atoms in total. The van der Waals surface area contributed by atoms with E-state index in [1.54, 1.807) is 34.5 Å². The number of nitriles is 1. The number of hydrogen-bond acceptors (Lipinski definition) is 5. The summed E-state index contributed by atoms with van der Waals surface area (Å²) in [7, 11) is 6.40. The molecule has 0 spiro atoms. The first-order valence-electron chi connectivity index (χ1n) is 7.49. The van der Waals surface area contributed by atoms with Crippen molar-refractivity contribution in [1.29, 1.82) is 5.26 Å². The van der Waals surface area contributed by atoms with Crippen LogP contribution in [-0.4, -0.2) is 28.4 Å². The SMILES string of the molecule is COc1ccc(OC)c(CC(C#N)c2cc(OC)ccc2OC)c1. The van der Waals surface area contributed by atoms with Crippen LogP contribution < -0.4 is 18.9 Å². The van der Waals surface area contributed by atoms with Crippen molar-refractivity contribution in [2.75, 3.05) is 28.4 Å². The third-order valence-corrected chi connectivity index (χ3v) is 3.88. The van der Waals surface area contributed by atoms with Crippen LogP contribution in [-0.2, 0) is 6.42 Å². The minimum Gasteiger partial charge on any atom is -0.497 e. The molecule has 1 unspecified atom stereocenters. The average molecular weight is 327 g/mol. The fourth-order valence-corrected chi connectivity index (χ4v) is 2.60. The highest BCUT2D eigenvalue weighted by atomic mass is 16.5. The molecule has 0 aliphatic carbocycles. The van der Waals surface area contributed by atoms with Gasteiger partial charge in [0.15, 0.2) is 0 Å². The average Bonchev–Trinajstić information content (AvgIpc) is 2.65. The molecule has 126 valence electrons. The summed E-state index contributed by atoms with van der Waals surface area (Å²) < 4.78 is 21.4. The van der Waals surface area contributed by atoms with E-state index in [-0.39, 0.29) is 0 Å². The Bertz CT molecular complexity index is 737. The lowest BCUT2D eigenvalue weighted by Gasteiger charge is -2.17. The van der Waals surface area contributed by atoms with Crippen molar-refractivity contribution in [2.45, 2.75) is 12.3 Å². The van der Waals surface area contributed by atoms with E-state index >= 15 is 0 Å². The lowest BCUT2D eigenvalue weighted by molar-refractivity contribution is 0.393. The summed E-state index contributed by atoms with van der Waals surface area (Å²) in [6, 6.07) is 13.4. The molecule has 0 N–H and O–H groups in total. The summed E-state index contributed by atoms with van der Waals surface area (Å²) >= 11 is 0. The van der Waals surface area contributed by atoms with Crippen LogP contribution in [0.15, 0.2) is 36.4 Å². The quantitative estimate of drug-likeness (QED) is 0.778. The van der Waals surface area contributed by atoms with Crippen LogP contribution in [0.25, 0.3) is 0 Å². The summed E-state index contributed by atoms with van der Waals surface area (Å²) in [4.78, 5) is 0. The Balaban J connectivity index is 2.42. The van der Waals surface area contributed by atoms with Gasteiger partial charge in [0, 0.05) is 5.56 Å². The number of ether oxygens (including phenoxy) is 4. The largest absolute Gasteiger partial charge is 0.497 e. The zero-order valence-corrected chi connectivity index (χ0v) is 14.3. The molecule has 24 heavy (non-hydrogen) atoms. The first-order valence-corrected chi connectivity index (χ1v) is 7.49. The summed E-state index contributed by atoms with van der Waals surface area (Å²) in [6.45, 7) is 0. The predicted molar refractivity (Wildman–Crippen MR) is 91.2 cm³/mol. The second kappa shape index (κ2) is 8.11. The molecular formula is C19H21NO4. The molecule has 1 atom stereocenters. The first kappa shape index (κ1) is 17.5. The fourth-order valence-electron chi connectivity index (χ4n) is 2.60. The van der Waals surface area contributed by atoms with Crippen molar-refractivity contribution in [3.63, 3.8) is 0 Å². The topological polar surface area (TPSA) is 60.7 Å². The summed E-state index contributed by atoms with van der Waals surface area (Å²) in [6.07, 6.45) is 0.473. The second-order valence-electron chi connectivity index (χ2n) is 5.17. The fraction of sp³-hybridized carbons (Fsp3) is 0.316. The minimum absolute atomic E-state index is 0.406. The Morgan fingerprint density at radius 2 is 1.42 bits per heavy atom. The molecule has 0 heterocycles. The van der Waals surface area contributed by atoms with Gasteiger partial charge in [-0.15, -0.1) is 0 Å². The van der Waals surface area contributed by atoms with Crippen LogP contribution in [0.3, 0.4) is 0 Å². The Morgan fingerprint density at radius 1 is 0.833 bits per heavy atom. The number of hydrogen-bond donors (Lipinski definition) is 0. The van der Waals surface area contributed by atoms with E-state index in [0.717, 1.165) is 22.6 Å². The molecule has 2 aromatic carbocycles. The zero-order chi connectivity index (χ0) is 17.5. The number of rotatable bonds is 7. The lowest BCUT2D eigenvalue weighted by Crippen LogP contribution is -2.05. The third kappa shape index (κ3) is 3.72. The number of benzene rings is 2. The molecule has 0 aliphatic heterocycles. The standard InChI is InChI=1S/C19H21NO4/c1-21-15-5-7-18(23-3)13(10-15)9-14(12-20)17-11-16(22-2)6-8-19(17)24-4/h5-8,10-11,14H,9H2,1-4H3. The van der Waals surface area contributed by atoms with Crippen molar-refractivity contribution in [3.05, 3.63) is 47.5 Å². The molecule has 5 heteroatoms. The van der Waals surface area contributed by atoms with Gasteiger partial charge in [-0.05, 0) is 48.4 Å². The van der Waals surface area contributed by atoms with E-state index in [1.165, 1.54) is 0 Å². The van der Waals surface area contributed by atoms with Gasteiger partial charge in [-0.1, -0.05) is 0 Å². The van der Waals surface area contributed by atoms with Gasteiger partial charge in [0.2, 0.25) is 0 Å². The maximum absolute atomic E-state index is 9.70. The highest BCUT2D eigenvalue weighted by Gasteiger charge is 2.20. The molecule has 0 bridgehead atoms. The van der Waals surface area contributed by atoms with E-state index in [1.807, 2.05) is 30.3 Å². The van der Waals surface area contributed by atoms with E-state index in [0.29, 0.717) is 17.9 Å². The van der Waals surface area contributed by atoms with E-state index in [4.69, 9.17) is 18.9 Å². The maximum Gasteiger partial charge on any atom is 0.123 e. The molecule has 2 aromatic rings.